The Labute approximate surface area is 115 Å². The number of ether oxygens (including phenoxy) is 1. The van der Waals surface area contributed by atoms with Gasteiger partial charge in [0.1, 0.15) is 0 Å². The number of aromatic nitrogens is 1. The van der Waals surface area contributed by atoms with Gasteiger partial charge in [0, 0.05) is 23.7 Å². The van der Waals surface area contributed by atoms with E-state index in [2.05, 4.69) is 5.32 Å². The maximum absolute atomic E-state index is 11.4. The van der Waals surface area contributed by atoms with E-state index in [0.717, 1.165) is 17.0 Å². The van der Waals surface area contributed by atoms with Gasteiger partial charge in [0.05, 0.1) is 6.42 Å². The molecule has 0 aliphatic carbocycles. The molecule has 0 fully saturated rings. The third-order valence-electron chi connectivity index (χ3n) is 2.33. The number of hydrogen-bond donors (Lipinski definition) is 1. The van der Waals surface area contributed by atoms with Gasteiger partial charge in [-0.15, -0.1) is 0 Å². The molecule has 0 radical (unpaired) electrons. The highest BCUT2D eigenvalue weighted by Gasteiger charge is 2.10. The van der Waals surface area contributed by atoms with Crippen LogP contribution in [0.25, 0.3) is 0 Å². The Kier molecular flexibility index (Phi) is 5.75. The Balaban J connectivity index is 2.33. The Morgan fingerprint density at radius 2 is 2.16 bits per heavy atom. The van der Waals surface area contributed by atoms with Crippen molar-refractivity contribution in [1.29, 1.82) is 0 Å². The molecule has 0 aliphatic rings. The lowest BCUT2D eigenvalue weighted by atomic mass is 10.4. The summed E-state index contributed by atoms with van der Waals surface area (Å²) in [6.07, 6.45) is 0.0758. The van der Waals surface area contributed by atoms with E-state index < -0.39 is 5.97 Å². The van der Waals surface area contributed by atoms with E-state index in [1.165, 1.54) is 4.57 Å². The fraction of sp³-hybridized carbons (Fsp3) is 0.583. The Morgan fingerprint density at radius 3 is 2.68 bits per heavy atom. The lowest BCUT2D eigenvalue weighted by Gasteiger charge is -2.09. The van der Waals surface area contributed by atoms with Crippen molar-refractivity contribution < 1.29 is 14.3 Å². The molecule has 6 nitrogen and oxygen atoms in total. The highest BCUT2D eigenvalue weighted by Crippen LogP contribution is 2.01. The smallest absolute Gasteiger partial charge is 0.308 e. The van der Waals surface area contributed by atoms with Crippen molar-refractivity contribution >= 4 is 23.2 Å². The van der Waals surface area contributed by atoms with Crippen LogP contribution >= 0.6 is 11.3 Å². The number of nitrogens with one attached hydrogen (secondary N) is 1. The summed E-state index contributed by atoms with van der Waals surface area (Å²) in [7, 11) is 0. The first-order chi connectivity index (χ1) is 8.90. The second-order valence-electron chi connectivity index (χ2n) is 4.43. The fourth-order valence-corrected chi connectivity index (χ4v) is 2.22. The molecule has 1 N–H and O–H groups in total. The predicted octanol–water partition coefficient (Wildman–Crippen LogP) is 0.676. The molecule has 0 bridgehead atoms. The number of esters is 1. The Morgan fingerprint density at radius 1 is 1.47 bits per heavy atom. The van der Waals surface area contributed by atoms with Gasteiger partial charge in [-0.1, -0.05) is 11.3 Å². The summed E-state index contributed by atoms with van der Waals surface area (Å²) in [5, 5.41) is 4.36. The molecule has 7 heteroatoms. The van der Waals surface area contributed by atoms with E-state index in [0.29, 0.717) is 0 Å². The van der Waals surface area contributed by atoms with Crippen LogP contribution in [0.5, 0.6) is 0 Å². The van der Waals surface area contributed by atoms with E-state index in [1.54, 1.807) is 12.3 Å². The van der Waals surface area contributed by atoms with E-state index >= 15 is 0 Å². The highest BCUT2D eigenvalue weighted by molar-refractivity contribution is 7.07. The zero-order chi connectivity index (χ0) is 14.4. The van der Waals surface area contributed by atoms with Crippen molar-refractivity contribution in [1.82, 2.24) is 9.88 Å². The highest BCUT2D eigenvalue weighted by atomic mass is 32.1. The van der Waals surface area contributed by atoms with Gasteiger partial charge in [-0.2, -0.15) is 0 Å². The van der Waals surface area contributed by atoms with Gasteiger partial charge in [0.2, 0.25) is 0 Å². The second-order valence-corrected chi connectivity index (χ2v) is 5.25. The Bertz CT molecular complexity index is 504. The molecule has 1 heterocycles. The fourth-order valence-electron chi connectivity index (χ4n) is 1.46. The maximum Gasteiger partial charge on any atom is 0.308 e. The molecule has 0 aliphatic heterocycles. The summed E-state index contributed by atoms with van der Waals surface area (Å²) >= 11 is 1.10. The van der Waals surface area contributed by atoms with Gasteiger partial charge < -0.3 is 14.6 Å². The summed E-state index contributed by atoms with van der Waals surface area (Å²) in [4.78, 5) is 34.0. The third-order valence-corrected chi connectivity index (χ3v) is 3.21. The first-order valence-corrected chi connectivity index (χ1v) is 6.88. The maximum atomic E-state index is 11.4. The minimum atomic E-state index is -0.489. The summed E-state index contributed by atoms with van der Waals surface area (Å²) in [5.41, 5.74) is 0.820. The van der Waals surface area contributed by atoms with Gasteiger partial charge in [-0.25, -0.2) is 0 Å². The van der Waals surface area contributed by atoms with Crippen molar-refractivity contribution in [3.63, 3.8) is 0 Å². The molecular weight excluding hydrogens is 268 g/mol. The molecule has 0 aromatic carbocycles. The normalized spacial score (nSPS) is 10.5. The number of carbonyl (C=O) groups is 2. The minimum absolute atomic E-state index is 0.0123. The van der Waals surface area contributed by atoms with Crippen molar-refractivity contribution in [2.45, 2.75) is 39.8 Å². The van der Waals surface area contributed by atoms with Crippen LogP contribution in [-0.2, 0) is 20.9 Å². The molecule has 0 unspecified atom stereocenters. The van der Waals surface area contributed by atoms with Crippen LogP contribution < -0.4 is 10.2 Å². The van der Waals surface area contributed by atoms with E-state index in [1.807, 2.05) is 13.8 Å². The number of aryl methyl sites for hydroxylation is 1. The van der Waals surface area contributed by atoms with Crippen molar-refractivity contribution in [2.75, 3.05) is 6.61 Å². The van der Waals surface area contributed by atoms with Crippen molar-refractivity contribution in [3.8, 4) is 0 Å². The molecule has 1 amide bonds. The lowest BCUT2D eigenvalue weighted by molar-refractivity contribution is -0.148. The van der Waals surface area contributed by atoms with Gasteiger partial charge in [0.15, 0.2) is 6.61 Å². The number of nitrogens with zero attached hydrogens (tertiary/aromatic N) is 1. The van der Waals surface area contributed by atoms with Gasteiger partial charge in [0.25, 0.3) is 5.91 Å². The molecule has 19 heavy (non-hydrogen) atoms. The van der Waals surface area contributed by atoms with Crippen LogP contribution in [0.1, 0.15) is 26.0 Å². The molecule has 0 saturated heterocycles. The van der Waals surface area contributed by atoms with E-state index in [9.17, 15) is 14.4 Å². The van der Waals surface area contributed by atoms with Gasteiger partial charge in [-0.05, 0) is 20.8 Å². The zero-order valence-electron chi connectivity index (χ0n) is 11.3. The van der Waals surface area contributed by atoms with E-state index in [4.69, 9.17) is 4.74 Å². The molecular formula is C12H18N2O4S. The second kappa shape index (κ2) is 7.08. The van der Waals surface area contributed by atoms with Crippen LogP contribution in [0, 0.1) is 6.92 Å². The SMILES string of the molecule is Cc1csc(=O)n1CCC(=O)OCC(=O)NC(C)C. The predicted molar refractivity (Wildman–Crippen MR) is 72.2 cm³/mol. The minimum Gasteiger partial charge on any atom is -0.456 e. The molecule has 1 rings (SSSR count). The quantitative estimate of drug-likeness (QED) is 0.780. The average molecular weight is 286 g/mol. The number of amides is 1. The van der Waals surface area contributed by atoms with Gasteiger partial charge in [-0.3, -0.25) is 14.4 Å². The number of carbonyl (C=O) groups excluding carboxylic acids is 2. The molecule has 1 aromatic rings. The first-order valence-electron chi connectivity index (χ1n) is 6.00. The number of rotatable bonds is 6. The monoisotopic (exact) mass is 286 g/mol. The van der Waals surface area contributed by atoms with Crippen LogP contribution in [-0.4, -0.2) is 29.1 Å². The summed E-state index contributed by atoms with van der Waals surface area (Å²) in [6.45, 7) is 5.45. The molecule has 0 atom stereocenters. The van der Waals surface area contributed by atoms with E-state index in [-0.39, 0.29) is 36.4 Å². The Hall–Kier alpha value is -1.63. The largest absolute Gasteiger partial charge is 0.456 e. The van der Waals surface area contributed by atoms with Crippen LogP contribution in [0.4, 0.5) is 0 Å². The summed E-state index contributed by atoms with van der Waals surface area (Å²) < 4.78 is 6.33. The number of thiazole rings is 1. The van der Waals surface area contributed by atoms with Crippen LogP contribution in [0.15, 0.2) is 10.2 Å². The lowest BCUT2D eigenvalue weighted by Crippen LogP contribution is -2.34. The zero-order valence-corrected chi connectivity index (χ0v) is 12.1. The molecule has 1 aromatic heterocycles. The van der Waals surface area contributed by atoms with Crippen LogP contribution in [0.2, 0.25) is 0 Å². The van der Waals surface area contributed by atoms with Gasteiger partial charge >= 0.3 is 10.8 Å². The number of hydrogen-bond acceptors (Lipinski definition) is 5. The molecule has 106 valence electrons. The third kappa shape index (κ3) is 5.25. The molecule has 0 saturated carbocycles. The van der Waals surface area contributed by atoms with Crippen molar-refractivity contribution in [2.24, 2.45) is 0 Å². The molecule has 0 spiro atoms. The van der Waals surface area contributed by atoms with Crippen LogP contribution in [0.3, 0.4) is 0 Å². The average Bonchev–Trinajstić information content (AvgIpc) is 2.63. The van der Waals surface area contributed by atoms with Crippen molar-refractivity contribution in [3.05, 3.63) is 20.7 Å². The topological polar surface area (TPSA) is 77.4 Å². The summed E-state index contributed by atoms with van der Waals surface area (Å²) in [5.74, 6) is -0.816. The summed E-state index contributed by atoms with van der Waals surface area (Å²) in [6, 6.07) is 0.0123. The standard InChI is InChI=1S/C12H18N2O4S/c1-8(2)13-10(15)6-18-11(16)4-5-14-9(3)7-19-12(14)17/h7-8H,4-6H2,1-3H3,(H,13,15). The first kappa shape index (κ1) is 15.4.